The number of thioether (sulfide) groups is 1. The molecular formula is C19H20N2O5S. The lowest BCUT2D eigenvalue weighted by atomic mass is 10.2. The van der Waals surface area contributed by atoms with Crippen molar-refractivity contribution in [3.05, 3.63) is 59.7 Å². The lowest BCUT2D eigenvalue weighted by molar-refractivity contribution is -0.129. The first-order chi connectivity index (χ1) is 13.0. The molecule has 0 aliphatic rings. The predicted molar refractivity (Wildman–Crippen MR) is 102 cm³/mol. The number of amides is 2. The molecule has 2 rings (SSSR count). The number of nitrogens with one attached hydrogen (secondary N) is 2. The molecule has 0 aromatic heterocycles. The van der Waals surface area contributed by atoms with Crippen molar-refractivity contribution in [1.82, 2.24) is 10.9 Å². The lowest BCUT2D eigenvalue weighted by Crippen LogP contribution is -2.46. The molecule has 0 aliphatic heterocycles. The minimum Gasteiger partial charge on any atom is -0.496 e. The van der Waals surface area contributed by atoms with E-state index in [1.165, 1.54) is 25.8 Å². The number of hydrogen-bond donors (Lipinski definition) is 2. The number of methoxy groups -OCH3 is 1. The van der Waals surface area contributed by atoms with Crippen LogP contribution in [0.15, 0.2) is 53.4 Å². The van der Waals surface area contributed by atoms with Gasteiger partial charge < -0.3 is 9.47 Å². The van der Waals surface area contributed by atoms with Crippen molar-refractivity contribution in [2.24, 2.45) is 0 Å². The van der Waals surface area contributed by atoms with Crippen molar-refractivity contribution in [2.45, 2.75) is 17.9 Å². The van der Waals surface area contributed by atoms with Crippen molar-refractivity contribution in [1.29, 1.82) is 0 Å². The van der Waals surface area contributed by atoms with Crippen LogP contribution in [0.25, 0.3) is 0 Å². The van der Waals surface area contributed by atoms with Crippen molar-refractivity contribution in [2.75, 3.05) is 13.4 Å². The maximum absolute atomic E-state index is 12.3. The van der Waals surface area contributed by atoms with E-state index in [-0.39, 0.29) is 5.56 Å². The van der Waals surface area contributed by atoms with Gasteiger partial charge >= 0.3 is 5.97 Å². The summed E-state index contributed by atoms with van der Waals surface area (Å²) in [6, 6.07) is 13.4. The van der Waals surface area contributed by atoms with Gasteiger partial charge in [-0.05, 0) is 43.5 Å². The molecule has 2 N–H and O–H groups in total. The van der Waals surface area contributed by atoms with E-state index in [9.17, 15) is 14.4 Å². The molecule has 0 spiro atoms. The Bertz CT molecular complexity index is 826. The molecule has 1 atom stereocenters. The van der Waals surface area contributed by atoms with Gasteiger partial charge in [0.15, 0.2) is 6.10 Å². The summed E-state index contributed by atoms with van der Waals surface area (Å²) in [6.07, 6.45) is 0.793. The number of ether oxygens (including phenoxy) is 2. The molecule has 0 fully saturated rings. The van der Waals surface area contributed by atoms with Crippen LogP contribution in [0.3, 0.4) is 0 Å². The molecule has 7 nitrogen and oxygen atoms in total. The van der Waals surface area contributed by atoms with Crippen LogP contribution in [-0.2, 0) is 9.53 Å². The molecule has 0 heterocycles. The summed E-state index contributed by atoms with van der Waals surface area (Å²) < 4.78 is 10.4. The minimum absolute atomic E-state index is 0.211. The van der Waals surface area contributed by atoms with E-state index >= 15 is 0 Å². The molecular weight excluding hydrogens is 368 g/mol. The van der Waals surface area contributed by atoms with Gasteiger partial charge in [-0.3, -0.25) is 20.4 Å². The van der Waals surface area contributed by atoms with Crippen LogP contribution in [0, 0.1) is 0 Å². The Labute approximate surface area is 161 Å². The number of carbonyl (C=O) groups excluding carboxylic acids is 3. The van der Waals surface area contributed by atoms with Gasteiger partial charge in [0, 0.05) is 10.5 Å². The maximum Gasteiger partial charge on any atom is 0.342 e. The first kappa shape index (κ1) is 20.3. The fourth-order valence-corrected chi connectivity index (χ4v) is 2.56. The third-order valence-electron chi connectivity index (χ3n) is 3.62. The van der Waals surface area contributed by atoms with Gasteiger partial charge in [0.25, 0.3) is 11.8 Å². The van der Waals surface area contributed by atoms with Gasteiger partial charge in [-0.15, -0.1) is 11.8 Å². The van der Waals surface area contributed by atoms with E-state index in [1.807, 2.05) is 6.26 Å². The molecule has 0 unspecified atom stereocenters. The van der Waals surface area contributed by atoms with Crippen LogP contribution in [0.5, 0.6) is 5.75 Å². The third-order valence-corrected chi connectivity index (χ3v) is 4.34. The van der Waals surface area contributed by atoms with Gasteiger partial charge in [0.2, 0.25) is 0 Å². The molecule has 8 heteroatoms. The Morgan fingerprint density at radius 2 is 1.74 bits per heavy atom. The van der Waals surface area contributed by atoms with Crippen LogP contribution >= 0.6 is 11.8 Å². The summed E-state index contributed by atoms with van der Waals surface area (Å²) in [5.74, 6) is -1.47. The van der Waals surface area contributed by atoms with Crippen LogP contribution in [-0.4, -0.2) is 37.3 Å². The van der Waals surface area contributed by atoms with Crippen molar-refractivity contribution >= 4 is 29.5 Å². The molecule has 0 bridgehead atoms. The van der Waals surface area contributed by atoms with E-state index in [2.05, 4.69) is 10.9 Å². The molecule has 0 saturated carbocycles. The standard InChI is InChI=1S/C19H20N2O5S/c1-12(17(22)20-21-18(23)13-7-5-4-6-8-13)26-19(24)15-10-9-14(27-3)11-16(15)25-2/h4-12H,1-3H3,(H,20,22)(H,21,23)/t12-/m0/s1. The van der Waals surface area contributed by atoms with Crippen LogP contribution in [0.4, 0.5) is 0 Å². The Hall–Kier alpha value is -3.00. The average molecular weight is 388 g/mol. The summed E-state index contributed by atoms with van der Waals surface area (Å²) in [7, 11) is 1.45. The van der Waals surface area contributed by atoms with E-state index in [0.29, 0.717) is 11.3 Å². The lowest BCUT2D eigenvalue weighted by Gasteiger charge is -2.15. The van der Waals surface area contributed by atoms with Gasteiger partial charge in [-0.25, -0.2) is 4.79 Å². The minimum atomic E-state index is -1.11. The molecule has 2 aromatic carbocycles. The number of rotatable bonds is 6. The van der Waals surface area contributed by atoms with Gasteiger partial charge in [-0.2, -0.15) is 0 Å². The van der Waals surface area contributed by atoms with E-state index in [4.69, 9.17) is 9.47 Å². The number of carbonyl (C=O) groups is 3. The average Bonchev–Trinajstić information content (AvgIpc) is 2.71. The number of benzene rings is 2. The largest absolute Gasteiger partial charge is 0.496 e. The quantitative estimate of drug-likeness (QED) is 0.448. The molecule has 2 aromatic rings. The van der Waals surface area contributed by atoms with Crippen molar-refractivity contribution in [3.8, 4) is 5.75 Å². The predicted octanol–water partition coefficient (Wildman–Crippen LogP) is 2.42. The van der Waals surface area contributed by atoms with Crippen molar-refractivity contribution in [3.63, 3.8) is 0 Å². The monoisotopic (exact) mass is 388 g/mol. The number of hydrazine groups is 1. The third kappa shape index (κ3) is 5.49. The first-order valence-corrected chi connectivity index (χ1v) is 9.27. The highest BCUT2D eigenvalue weighted by Crippen LogP contribution is 2.26. The molecule has 0 radical (unpaired) electrons. The van der Waals surface area contributed by atoms with Crippen molar-refractivity contribution < 1.29 is 23.9 Å². The highest BCUT2D eigenvalue weighted by Gasteiger charge is 2.22. The van der Waals surface area contributed by atoms with E-state index in [1.54, 1.807) is 48.5 Å². The zero-order valence-electron chi connectivity index (χ0n) is 15.1. The zero-order valence-corrected chi connectivity index (χ0v) is 16.0. The smallest absolute Gasteiger partial charge is 0.342 e. The first-order valence-electron chi connectivity index (χ1n) is 8.04. The maximum atomic E-state index is 12.3. The summed E-state index contributed by atoms with van der Waals surface area (Å²) in [4.78, 5) is 37.2. The second-order valence-corrected chi connectivity index (χ2v) is 6.30. The van der Waals surface area contributed by atoms with Gasteiger partial charge in [-0.1, -0.05) is 18.2 Å². The Morgan fingerprint density at radius 1 is 1.04 bits per heavy atom. The SMILES string of the molecule is COc1cc(SC)ccc1C(=O)O[C@@H](C)C(=O)NNC(=O)c1ccccc1. The molecule has 0 saturated heterocycles. The van der Waals surface area contributed by atoms with Crippen LogP contribution < -0.4 is 15.6 Å². The topological polar surface area (TPSA) is 93.7 Å². The van der Waals surface area contributed by atoms with Gasteiger partial charge in [0.1, 0.15) is 11.3 Å². The number of hydrogen-bond acceptors (Lipinski definition) is 6. The Balaban J connectivity index is 1.94. The van der Waals surface area contributed by atoms with Crippen LogP contribution in [0.2, 0.25) is 0 Å². The van der Waals surface area contributed by atoms with Gasteiger partial charge in [0.05, 0.1) is 7.11 Å². The Kier molecular flexibility index (Phi) is 7.25. The second-order valence-electron chi connectivity index (χ2n) is 5.42. The summed E-state index contributed by atoms with van der Waals surface area (Å²) >= 11 is 1.51. The van der Waals surface area contributed by atoms with E-state index < -0.39 is 23.9 Å². The Morgan fingerprint density at radius 3 is 2.37 bits per heavy atom. The van der Waals surface area contributed by atoms with E-state index in [0.717, 1.165) is 4.90 Å². The summed E-state index contributed by atoms with van der Waals surface area (Å²) in [5.41, 5.74) is 5.11. The number of esters is 1. The highest BCUT2D eigenvalue weighted by atomic mass is 32.2. The highest BCUT2D eigenvalue weighted by molar-refractivity contribution is 7.98. The molecule has 0 aliphatic carbocycles. The normalized spacial score (nSPS) is 11.2. The summed E-state index contributed by atoms with van der Waals surface area (Å²) in [6.45, 7) is 1.41. The molecule has 27 heavy (non-hydrogen) atoms. The summed E-state index contributed by atoms with van der Waals surface area (Å²) in [5, 5.41) is 0. The second kappa shape index (κ2) is 9.63. The molecule has 142 valence electrons. The van der Waals surface area contributed by atoms with Crippen LogP contribution in [0.1, 0.15) is 27.6 Å². The fourth-order valence-electron chi connectivity index (χ4n) is 2.13. The zero-order chi connectivity index (χ0) is 19.8. The fraction of sp³-hybridized carbons (Fsp3) is 0.211. The molecule has 2 amide bonds.